The second kappa shape index (κ2) is 9.73. The van der Waals surface area contributed by atoms with Crippen LogP contribution in [-0.4, -0.2) is 48.4 Å². The number of carbonyl (C=O) groups is 3. The molecule has 0 bridgehead atoms. The maximum Gasteiger partial charge on any atom is 0.319 e. The number of likely N-dealkylation sites (tertiary alicyclic amines) is 1. The maximum absolute atomic E-state index is 13.1. The first-order valence-electron chi connectivity index (χ1n) is 10.9. The van der Waals surface area contributed by atoms with Crippen molar-refractivity contribution < 1.29 is 14.4 Å². The number of carbonyl (C=O) groups excluding carboxylic acids is 3. The van der Waals surface area contributed by atoms with Gasteiger partial charge in [0.15, 0.2) is 0 Å². The largest absolute Gasteiger partial charge is 0.342 e. The zero-order valence-electron chi connectivity index (χ0n) is 18.0. The van der Waals surface area contributed by atoms with Gasteiger partial charge in [-0.3, -0.25) is 9.59 Å². The van der Waals surface area contributed by atoms with Crippen molar-refractivity contribution in [1.29, 1.82) is 0 Å². The Morgan fingerprint density at radius 1 is 1.06 bits per heavy atom. The summed E-state index contributed by atoms with van der Waals surface area (Å²) >= 11 is 3.48. The topological polar surface area (TPSA) is 81.8 Å². The zero-order chi connectivity index (χ0) is 22.7. The highest BCUT2D eigenvalue weighted by Crippen LogP contribution is 2.30. The SMILES string of the molecule is Cc1cc(N2CC(C(=O)N3CCC(NC(=O)Nc4ccccc4)CC3)CC2=O)ccc1Br. The fourth-order valence-electron chi connectivity index (χ4n) is 4.30. The van der Waals surface area contributed by atoms with Crippen molar-refractivity contribution in [3.8, 4) is 0 Å². The minimum Gasteiger partial charge on any atom is -0.342 e. The summed E-state index contributed by atoms with van der Waals surface area (Å²) in [6, 6.07) is 14.9. The van der Waals surface area contributed by atoms with Crippen molar-refractivity contribution in [2.45, 2.75) is 32.2 Å². The quantitative estimate of drug-likeness (QED) is 0.669. The Morgan fingerprint density at radius 2 is 1.78 bits per heavy atom. The number of benzene rings is 2. The van der Waals surface area contributed by atoms with Crippen LogP contribution in [0.3, 0.4) is 0 Å². The molecule has 4 amide bonds. The third kappa shape index (κ3) is 5.12. The Hall–Kier alpha value is -2.87. The molecule has 1 unspecified atom stereocenters. The fourth-order valence-corrected chi connectivity index (χ4v) is 4.54. The molecule has 1 atom stereocenters. The molecule has 2 fully saturated rings. The normalized spacial score (nSPS) is 19.2. The van der Waals surface area contributed by atoms with Crippen molar-refractivity contribution in [3.05, 3.63) is 58.6 Å². The summed E-state index contributed by atoms with van der Waals surface area (Å²) in [5.41, 5.74) is 2.63. The second-order valence-corrected chi connectivity index (χ2v) is 9.26. The number of hydrogen-bond acceptors (Lipinski definition) is 3. The third-order valence-corrected chi connectivity index (χ3v) is 6.99. The number of halogens is 1. The van der Waals surface area contributed by atoms with Crippen LogP contribution in [0.1, 0.15) is 24.8 Å². The zero-order valence-corrected chi connectivity index (χ0v) is 19.6. The first-order valence-corrected chi connectivity index (χ1v) is 11.7. The molecule has 2 aromatic carbocycles. The lowest BCUT2D eigenvalue weighted by Crippen LogP contribution is -2.49. The monoisotopic (exact) mass is 498 g/mol. The van der Waals surface area contributed by atoms with Crippen LogP contribution in [0.25, 0.3) is 0 Å². The van der Waals surface area contributed by atoms with Gasteiger partial charge in [0.2, 0.25) is 11.8 Å². The smallest absolute Gasteiger partial charge is 0.319 e. The number of amides is 4. The van der Waals surface area contributed by atoms with Crippen molar-refractivity contribution in [2.24, 2.45) is 5.92 Å². The van der Waals surface area contributed by atoms with Crippen LogP contribution in [0.5, 0.6) is 0 Å². The van der Waals surface area contributed by atoms with Crippen LogP contribution in [0.2, 0.25) is 0 Å². The Labute approximate surface area is 196 Å². The lowest BCUT2D eigenvalue weighted by atomic mass is 10.0. The van der Waals surface area contributed by atoms with Crippen molar-refractivity contribution in [1.82, 2.24) is 10.2 Å². The van der Waals surface area contributed by atoms with Gasteiger partial charge in [-0.15, -0.1) is 0 Å². The highest BCUT2D eigenvalue weighted by atomic mass is 79.9. The van der Waals surface area contributed by atoms with E-state index < -0.39 is 0 Å². The molecular formula is C24H27BrN4O3. The highest BCUT2D eigenvalue weighted by Gasteiger charge is 2.38. The van der Waals surface area contributed by atoms with Gasteiger partial charge in [-0.05, 0) is 55.7 Å². The number of urea groups is 1. The van der Waals surface area contributed by atoms with E-state index in [1.807, 2.05) is 60.4 Å². The summed E-state index contributed by atoms with van der Waals surface area (Å²) in [6.45, 7) is 3.56. The number of nitrogens with zero attached hydrogens (tertiary/aromatic N) is 2. The minimum atomic E-state index is -0.322. The van der Waals surface area contributed by atoms with Crippen LogP contribution in [0.4, 0.5) is 16.2 Å². The van der Waals surface area contributed by atoms with E-state index in [0.29, 0.717) is 32.5 Å². The minimum absolute atomic E-state index is 0.0146. The van der Waals surface area contributed by atoms with Gasteiger partial charge in [0, 0.05) is 47.9 Å². The molecule has 32 heavy (non-hydrogen) atoms. The van der Waals surface area contributed by atoms with Crippen molar-refractivity contribution in [2.75, 3.05) is 29.9 Å². The molecular weight excluding hydrogens is 472 g/mol. The van der Waals surface area contributed by atoms with Crippen LogP contribution in [0, 0.1) is 12.8 Å². The molecule has 0 radical (unpaired) electrons. The van der Waals surface area contributed by atoms with Crippen LogP contribution in [-0.2, 0) is 9.59 Å². The van der Waals surface area contributed by atoms with Crippen molar-refractivity contribution in [3.63, 3.8) is 0 Å². The molecule has 0 aliphatic carbocycles. The molecule has 168 valence electrons. The third-order valence-electron chi connectivity index (χ3n) is 6.10. The molecule has 4 rings (SSSR count). The van der Waals surface area contributed by atoms with Gasteiger partial charge in [0.1, 0.15) is 0 Å². The predicted octanol–water partition coefficient (Wildman–Crippen LogP) is 3.92. The van der Waals surface area contributed by atoms with E-state index in [-0.39, 0.29) is 36.2 Å². The molecule has 0 spiro atoms. The molecule has 2 aliphatic rings. The van der Waals surface area contributed by atoms with Crippen LogP contribution in [0.15, 0.2) is 53.0 Å². The number of piperidine rings is 1. The van der Waals surface area contributed by atoms with Gasteiger partial charge < -0.3 is 20.4 Å². The van der Waals surface area contributed by atoms with E-state index in [9.17, 15) is 14.4 Å². The molecule has 2 saturated heterocycles. The van der Waals surface area contributed by atoms with Gasteiger partial charge in [0.05, 0.1) is 5.92 Å². The number of anilines is 2. The molecule has 2 aromatic rings. The maximum atomic E-state index is 13.1. The average molecular weight is 499 g/mol. The fraction of sp³-hybridized carbons (Fsp3) is 0.375. The first-order chi connectivity index (χ1) is 15.4. The van der Waals surface area contributed by atoms with E-state index in [2.05, 4.69) is 26.6 Å². The summed E-state index contributed by atoms with van der Waals surface area (Å²) < 4.78 is 0.995. The van der Waals surface area contributed by atoms with Crippen molar-refractivity contribution >= 4 is 45.2 Å². The summed E-state index contributed by atoms with van der Waals surface area (Å²) in [6.07, 6.45) is 1.64. The number of aryl methyl sites for hydroxylation is 1. The van der Waals surface area contributed by atoms with Gasteiger partial charge in [0.25, 0.3) is 0 Å². The Bertz CT molecular complexity index is 1010. The molecule has 0 aromatic heterocycles. The highest BCUT2D eigenvalue weighted by molar-refractivity contribution is 9.10. The lowest BCUT2D eigenvalue weighted by Gasteiger charge is -2.33. The summed E-state index contributed by atoms with van der Waals surface area (Å²) in [4.78, 5) is 41.4. The Morgan fingerprint density at radius 3 is 2.47 bits per heavy atom. The van der Waals surface area contributed by atoms with E-state index >= 15 is 0 Å². The summed E-state index contributed by atoms with van der Waals surface area (Å²) in [5, 5.41) is 5.81. The van der Waals surface area contributed by atoms with Gasteiger partial charge in [-0.2, -0.15) is 0 Å². The lowest BCUT2D eigenvalue weighted by molar-refractivity contribution is -0.136. The number of nitrogens with one attached hydrogen (secondary N) is 2. The summed E-state index contributed by atoms with van der Waals surface area (Å²) in [5.74, 6) is -0.307. The molecule has 0 saturated carbocycles. The van der Waals surface area contributed by atoms with E-state index in [0.717, 1.165) is 21.4 Å². The molecule has 2 heterocycles. The van der Waals surface area contributed by atoms with Crippen LogP contribution >= 0.6 is 15.9 Å². The second-order valence-electron chi connectivity index (χ2n) is 8.40. The van der Waals surface area contributed by atoms with E-state index in [1.54, 1.807) is 4.90 Å². The molecule has 7 nitrogen and oxygen atoms in total. The molecule has 2 aliphatic heterocycles. The Kier molecular flexibility index (Phi) is 6.79. The standard InChI is InChI=1S/C24H27BrN4O3/c1-16-13-20(7-8-21(16)25)29-15-17(14-22(29)30)23(31)28-11-9-19(10-12-28)27-24(32)26-18-5-3-2-4-6-18/h2-8,13,17,19H,9-12,14-15H2,1H3,(H2,26,27,32). The number of rotatable bonds is 4. The molecule has 8 heteroatoms. The Balaban J connectivity index is 1.27. The van der Waals surface area contributed by atoms with E-state index in [4.69, 9.17) is 0 Å². The average Bonchev–Trinajstić information content (AvgIpc) is 3.18. The molecule has 2 N–H and O–H groups in total. The number of para-hydroxylation sites is 1. The predicted molar refractivity (Wildman–Crippen MR) is 128 cm³/mol. The first kappa shape index (κ1) is 22.3. The number of hydrogen-bond donors (Lipinski definition) is 2. The summed E-state index contributed by atoms with van der Waals surface area (Å²) in [7, 11) is 0. The van der Waals surface area contributed by atoms with Gasteiger partial charge in [-0.25, -0.2) is 4.79 Å². The van der Waals surface area contributed by atoms with Gasteiger partial charge >= 0.3 is 6.03 Å². The van der Waals surface area contributed by atoms with Crippen LogP contribution < -0.4 is 15.5 Å². The van der Waals surface area contributed by atoms with E-state index in [1.165, 1.54) is 0 Å². The van der Waals surface area contributed by atoms with Gasteiger partial charge in [-0.1, -0.05) is 34.1 Å².